The summed E-state index contributed by atoms with van der Waals surface area (Å²) in [5.74, 6) is -0.911. The van der Waals surface area contributed by atoms with Gasteiger partial charge in [0.1, 0.15) is 40.1 Å². The van der Waals surface area contributed by atoms with Gasteiger partial charge in [-0.15, -0.1) is 0 Å². The van der Waals surface area contributed by atoms with Crippen molar-refractivity contribution in [3.63, 3.8) is 0 Å². The van der Waals surface area contributed by atoms with Crippen molar-refractivity contribution in [2.75, 3.05) is 7.11 Å². The van der Waals surface area contributed by atoms with Crippen molar-refractivity contribution < 1.29 is 39.8 Å². The standard InChI is InChI=1S/C35H34O8/c1-42-32-20-30(40)33(35(41)34(32)29(39)17-7-22-4-12-26(37)13-5-22)24-18-28(16-6-21-2-10-25(36)11-3-21)43-31(19-24)23-8-14-27(38)15-9-23/h2-5,7-15,17,20,24,28,31,36-38,40-41H,6,16,18-19H2,1H3. The maximum Gasteiger partial charge on any atom is 0.193 e. The van der Waals surface area contributed by atoms with Crippen LogP contribution in [0.2, 0.25) is 0 Å². The van der Waals surface area contributed by atoms with Gasteiger partial charge in [-0.2, -0.15) is 0 Å². The number of phenolic OH excluding ortho intramolecular Hbond substituents is 5. The minimum Gasteiger partial charge on any atom is -0.508 e. The predicted octanol–water partition coefficient (Wildman–Crippen LogP) is 6.76. The quantitative estimate of drug-likeness (QED) is 0.108. The van der Waals surface area contributed by atoms with E-state index in [1.54, 1.807) is 54.6 Å². The van der Waals surface area contributed by atoms with E-state index in [4.69, 9.17) is 9.47 Å². The largest absolute Gasteiger partial charge is 0.508 e. The highest BCUT2D eigenvalue weighted by Crippen LogP contribution is 2.50. The average Bonchev–Trinajstić information content (AvgIpc) is 3.00. The van der Waals surface area contributed by atoms with Crippen LogP contribution in [0.4, 0.5) is 0 Å². The second-order valence-electron chi connectivity index (χ2n) is 10.7. The van der Waals surface area contributed by atoms with Gasteiger partial charge in [0.15, 0.2) is 5.78 Å². The van der Waals surface area contributed by atoms with Crippen molar-refractivity contribution in [3.8, 4) is 34.5 Å². The molecule has 1 saturated heterocycles. The fourth-order valence-corrected chi connectivity index (χ4v) is 5.62. The molecule has 3 unspecified atom stereocenters. The minimum absolute atomic E-state index is 0.0464. The van der Waals surface area contributed by atoms with Crippen molar-refractivity contribution in [2.45, 2.75) is 43.8 Å². The number of methoxy groups -OCH3 is 1. The molecule has 0 spiro atoms. The third-order valence-corrected chi connectivity index (χ3v) is 7.84. The maximum atomic E-state index is 13.4. The molecule has 1 aliphatic rings. The van der Waals surface area contributed by atoms with Gasteiger partial charge in [-0.25, -0.2) is 0 Å². The predicted molar refractivity (Wildman–Crippen MR) is 162 cm³/mol. The molecule has 5 N–H and O–H groups in total. The second kappa shape index (κ2) is 12.9. The molecule has 0 radical (unpaired) electrons. The van der Waals surface area contributed by atoms with Crippen molar-refractivity contribution >= 4 is 11.9 Å². The summed E-state index contributed by atoms with van der Waals surface area (Å²) in [6.07, 6.45) is 4.48. The fraction of sp³-hybridized carbons (Fsp3) is 0.229. The zero-order chi connectivity index (χ0) is 30.5. The van der Waals surface area contributed by atoms with Crippen molar-refractivity contribution in [3.05, 3.63) is 113 Å². The van der Waals surface area contributed by atoms with E-state index in [0.29, 0.717) is 31.2 Å². The number of hydrogen-bond donors (Lipinski definition) is 5. The number of allylic oxidation sites excluding steroid dienone is 1. The van der Waals surface area contributed by atoms with Gasteiger partial charge in [-0.3, -0.25) is 4.79 Å². The van der Waals surface area contributed by atoms with Crippen LogP contribution >= 0.6 is 0 Å². The highest BCUT2D eigenvalue weighted by Gasteiger charge is 2.36. The van der Waals surface area contributed by atoms with Crippen LogP contribution < -0.4 is 4.74 Å². The number of aromatic hydroxyl groups is 5. The molecule has 0 aliphatic carbocycles. The highest BCUT2D eigenvalue weighted by atomic mass is 16.5. The number of aryl methyl sites for hydroxylation is 1. The Hall–Kier alpha value is -4.95. The van der Waals surface area contributed by atoms with E-state index in [0.717, 1.165) is 11.1 Å². The van der Waals surface area contributed by atoms with E-state index in [9.17, 15) is 30.3 Å². The summed E-state index contributed by atoms with van der Waals surface area (Å²) in [7, 11) is 1.36. The lowest BCUT2D eigenvalue weighted by atomic mass is 9.80. The number of ketones is 1. The molecule has 222 valence electrons. The molecule has 8 nitrogen and oxygen atoms in total. The van der Waals surface area contributed by atoms with Crippen LogP contribution in [-0.4, -0.2) is 44.5 Å². The maximum absolute atomic E-state index is 13.4. The van der Waals surface area contributed by atoms with Crippen LogP contribution in [0.25, 0.3) is 6.08 Å². The Morgan fingerprint density at radius 1 is 0.860 bits per heavy atom. The number of carbonyl (C=O) groups excluding carboxylic acids is 1. The number of rotatable bonds is 9. The van der Waals surface area contributed by atoms with Crippen LogP contribution in [0.5, 0.6) is 34.5 Å². The van der Waals surface area contributed by atoms with E-state index in [2.05, 4.69) is 0 Å². The van der Waals surface area contributed by atoms with E-state index >= 15 is 0 Å². The van der Waals surface area contributed by atoms with Gasteiger partial charge in [-0.05, 0) is 90.8 Å². The Balaban J connectivity index is 1.47. The first kappa shape index (κ1) is 29.5. The molecular weight excluding hydrogens is 548 g/mol. The Labute approximate surface area is 249 Å². The molecule has 1 heterocycles. The van der Waals surface area contributed by atoms with Gasteiger partial charge >= 0.3 is 0 Å². The Morgan fingerprint density at radius 2 is 1.47 bits per heavy atom. The molecule has 5 rings (SSSR count). The van der Waals surface area contributed by atoms with E-state index in [-0.39, 0.29) is 57.6 Å². The van der Waals surface area contributed by atoms with Crippen LogP contribution in [0, 0.1) is 0 Å². The average molecular weight is 583 g/mol. The molecule has 1 fully saturated rings. The molecule has 0 saturated carbocycles. The van der Waals surface area contributed by atoms with E-state index < -0.39 is 11.9 Å². The number of carbonyl (C=O) groups is 1. The lowest BCUT2D eigenvalue weighted by molar-refractivity contribution is -0.0632. The molecule has 3 atom stereocenters. The Kier molecular flexibility index (Phi) is 8.87. The topological polar surface area (TPSA) is 137 Å². The molecule has 8 heteroatoms. The van der Waals surface area contributed by atoms with Crippen LogP contribution in [0.3, 0.4) is 0 Å². The first-order valence-electron chi connectivity index (χ1n) is 14.1. The lowest BCUT2D eigenvalue weighted by Crippen LogP contribution is -2.28. The first-order chi connectivity index (χ1) is 20.7. The van der Waals surface area contributed by atoms with Crippen LogP contribution in [0.1, 0.15) is 63.9 Å². The smallest absolute Gasteiger partial charge is 0.193 e. The second-order valence-corrected chi connectivity index (χ2v) is 10.7. The van der Waals surface area contributed by atoms with E-state index in [1.165, 1.54) is 31.4 Å². The summed E-state index contributed by atoms with van der Waals surface area (Å²) in [4.78, 5) is 13.4. The van der Waals surface area contributed by atoms with E-state index in [1.807, 2.05) is 12.1 Å². The highest BCUT2D eigenvalue weighted by molar-refractivity contribution is 6.11. The number of hydrogen-bond acceptors (Lipinski definition) is 8. The number of phenols is 5. The zero-order valence-corrected chi connectivity index (χ0v) is 23.7. The molecular formula is C35H34O8. The summed E-state index contributed by atoms with van der Waals surface area (Å²) in [6.45, 7) is 0. The Bertz CT molecular complexity index is 1590. The van der Waals surface area contributed by atoms with Crippen molar-refractivity contribution in [2.24, 2.45) is 0 Å². The molecule has 4 aromatic carbocycles. The monoisotopic (exact) mass is 582 g/mol. The summed E-state index contributed by atoms with van der Waals surface area (Å²) in [6, 6.07) is 21.4. The van der Waals surface area contributed by atoms with Gasteiger partial charge in [-0.1, -0.05) is 42.5 Å². The minimum atomic E-state index is -0.505. The molecule has 0 bridgehead atoms. The first-order valence-corrected chi connectivity index (χ1v) is 14.1. The third kappa shape index (κ3) is 6.93. The van der Waals surface area contributed by atoms with Gasteiger partial charge in [0.05, 0.1) is 19.3 Å². The number of ether oxygens (including phenoxy) is 2. The summed E-state index contributed by atoms with van der Waals surface area (Å²) in [5, 5.41) is 51.6. The molecule has 1 aliphatic heterocycles. The summed E-state index contributed by atoms with van der Waals surface area (Å²) >= 11 is 0. The Morgan fingerprint density at radius 3 is 2.09 bits per heavy atom. The third-order valence-electron chi connectivity index (χ3n) is 7.84. The van der Waals surface area contributed by atoms with Gasteiger partial charge in [0, 0.05) is 11.6 Å². The van der Waals surface area contributed by atoms with Crippen molar-refractivity contribution in [1.82, 2.24) is 0 Å². The summed E-state index contributed by atoms with van der Waals surface area (Å²) in [5.41, 5.74) is 2.76. The normalized spacial score (nSPS) is 18.5. The molecule has 4 aromatic rings. The number of benzene rings is 4. The summed E-state index contributed by atoms with van der Waals surface area (Å²) < 4.78 is 11.9. The van der Waals surface area contributed by atoms with Crippen molar-refractivity contribution in [1.29, 1.82) is 0 Å². The lowest BCUT2D eigenvalue weighted by Gasteiger charge is -2.37. The zero-order valence-electron chi connectivity index (χ0n) is 23.7. The van der Waals surface area contributed by atoms with Crippen LogP contribution in [-0.2, 0) is 11.2 Å². The fourth-order valence-electron chi connectivity index (χ4n) is 5.62. The SMILES string of the molecule is COc1cc(O)c(C2CC(CCc3ccc(O)cc3)OC(c3ccc(O)cc3)C2)c(O)c1C(=O)C=Cc1ccc(O)cc1. The van der Waals surface area contributed by atoms with Gasteiger partial charge in [0.25, 0.3) is 0 Å². The molecule has 43 heavy (non-hydrogen) atoms. The molecule has 0 amide bonds. The molecule has 0 aromatic heterocycles. The van der Waals surface area contributed by atoms with Gasteiger partial charge < -0.3 is 35.0 Å². The van der Waals surface area contributed by atoms with Gasteiger partial charge in [0.2, 0.25) is 0 Å². The van der Waals surface area contributed by atoms with Crippen LogP contribution in [0.15, 0.2) is 84.9 Å².